The minimum Gasteiger partial charge on any atom is -0.353 e. The van der Waals surface area contributed by atoms with Crippen LogP contribution in [0.5, 0.6) is 0 Å². The topological polar surface area (TPSA) is 76.0 Å². The van der Waals surface area contributed by atoms with Crippen LogP contribution in [0.2, 0.25) is 10.0 Å². The van der Waals surface area contributed by atoms with E-state index in [4.69, 9.17) is 23.2 Å². The molecule has 8 heteroatoms. The first-order chi connectivity index (χ1) is 15.7. The Bertz CT molecular complexity index is 1110. The van der Waals surface area contributed by atoms with Crippen LogP contribution in [-0.4, -0.2) is 27.6 Å². The van der Waals surface area contributed by atoms with Crippen molar-refractivity contribution in [1.29, 1.82) is 0 Å². The van der Waals surface area contributed by atoms with E-state index in [1.165, 1.54) is 0 Å². The van der Waals surface area contributed by atoms with E-state index in [9.17, 15) is 9.59 Å². The first-order valence-corrected chi connectivity index (χ1v) is 11.7. The number of rotatable bonds is 9. The molecular weight excluding hydrogens is 459 g/mol. The Morgan fingerprint density at radius 2 is 1.64 bits per heavy atom. The summed E-state index contributed by atoms with van der Waals surface area (Å²) in [4.78, 5) is 24.7. The van der Waals surface area contributed by atoms with E-state index < -0.39 is 0 Å². The van der Waals surface area contributed by atoms with E-state index in [1.807, 2.05) is 43.3 Å². The molecular formula is C25H28Cl2N4O2. The molecule has 3 aromatic rings. The van der Waals surface area contributed by atoms with Gasteiger partial charge in [0.15, 0.2) is 0 Å². The van der Waals surface area contributed by atoms with E-state index in [-0.39, 0.29) is 24.3 Å². The lowest BCUT2D eigenvalue weighted by atomic mass is 10.1. The third kappa shape index (κ3) is 6.83. The average Bonchev–Trinajstić information content (AvgIpc) is 3.19. The summed E-state index contributed by atoms with van der Waals surface area (Å²) >= 11 is 12.3. The summed E-state index contributed by atoms with van der Waals surface area (Å²) in [6.07, 6.45) is 0.970. The zero-order valence-electron chi connectivity index (χ0n) is 18.9. The summed E-state index contributed by atoms with van der Waals surface area (Å²) in [5.41, 5.74) is 2.30. The maximum absolute atomic E-state index is 12.6. The molecule has 0 fully saturated rings. The van der Waals surface area contributed by atoms with E-state index >= 15 is 0 Å². The van der Waals surface area contributed by atoms with E-state index in [0.717, 1.165) is 5.56 Å². The Morgan fingerprint density at radius 1 is 0.939 bits per heavy atom. The number of hydrogen-bond acceptors (Lipinski definition) is 3. The van der Waals surface area contributed by atoms with Crippen molar-refractivity contribution in [2.45, 2.75) is 46.1 Å². The quantitative estimate of drug-likeness (QED) is 0.382. The van der Waals surface area contributed by atoms with E-state index in [2.05, 4.69) is 29.6 Å². The van der Waals surface area contributed by atoms with Gasteiger partial charge in [0, 0.05) is 30.5 Å². The lowest BCUT2D eigenvalue weighted by Gasteiger charge is -2.17. The average molecular weight is 487 g/mol. The fraction of sp³-hybridized carbons (Fsp3) is 0.320. The van der Waals surface area contributed by atoms with Crippen LogP contribution in [0.1, 0.15) is 40.0 Å². The Hall–Kier alpha value is -2.83. The van der Waals surface area contributed by atoms with Crippen LogP contribution in [0.4, 0.5) is 5.82 Å². The zero-order valence-corrected chi connectivity index (χ0v) is 20.5. The molecule has 2 aromatic carbocycles. The third-order valence-electron chi connectivity index (χ3n) is 5.39. The first kappa shape index (κ1) is 24.8. The number of nitrogens with zero attached hydrogens (tertiary/aromatic N) is 2. The highest BCUT2D eigenvalue weighted by Crippen LogP contribution is 2.29. The van der Waals surface area contributed by atoms with Crippen LogP contribution >= 0.6 is 23.2 Å². The number of hydrogen-bond donors (Lipinski definition) is 2. The number of nitrogens with one attached hydrogen (secondary N) is 2. The lowest BCUT2D eigenvalue weighted by molar-refractivity contribution is -0.122. The van der Waals surface area contributed by atoms with E-state index in [0.29, 0.717) is 46.0 Å². The van der Waals surface area contributed by atoms with Crippen LogP contribution in [0.3, 0.4) is 0 Å². The molecule has 1 aromatic heterocycles. The van der Waals surface area contributed by atoms with Gasteiger partial charge >= 0.3 is 0 Å². The number of anilines is 1. The molecule has 6 nitrogen and oxygen atoms in total. The van der Waals surface area contributed by atoms with Crippen molar-refractivity contribution < 1.29 is 9.59 Å². The number of amides is 2. The fourth-order valence-electron chi connectivity index (χ4n) is 3.14. The van der Waals surface area contributed by atoms with Crippen molar-refractivity contribution in [2.75, 3.05) is 5.32 Å². The summed E-state index contributed by atoms with van der Waals surface area (Å²) in [5, 5.41) is 11.4. The Morgan fingerprint density at radius 3 is 2.30 bits per heavy atom. The highest BCUT2D eigenvalue weighted by atomic mass is 35.5. The first-order valence-electron chi connectivity index (χ1n) is 10.9. The summed E-state index contributed by atoms with van der Waals surface area (Å²) in [5.74, 6) is 0.629. The molecule has 0 saturated heterocycles. The summed E-state index contributed by atoms with van der Waals surface area (Å²) in [6, 6.07) is 16.8. The maximum atomic E-state index is 12.6. The normalized spacial score (nSPS) is 11.9. The van der Waals surface area contributed by atoms with Gasteiger partial charge in [-0.15, -0.1) is 0 Å². The Labute approximate surface area is 204 Å². The van der Waals surface area contributed by atoms with Crippen molar-refractivity contribution in [3.8, 4) is 16.9 Å². The molecule has 0 bridgehead atoms. The van der Waals surface area contributed by atoms with Gasteiger partial charge in [-0.3, -0.25) is 9.59 Å². The smallest absolute Gasteiger partial charge is 0.225 e. The molecule has 1 unspecified atom stereocenters. The minimum atomic E-state index is -0.194. The van der Waals surface area contributed by atoms with Crippen LogP contribution < -0.4 is 10.6 Å². The van der Waals surface area contributed by atoms with Gasteiger partial charge in [-0.2, -0.15) is 5.10 Å². The molecule has 1 atom stereocenters. The summed E-state index contributed by atoms with van der Waals surface area (Å²) in [7, 11) is 0. The van der Waals surface area contributed by atoms with Crippen LogP contribution in [0.25, 0.3) is 16.9 Å². The minimum absolute atomic E-state index is 0.0452. The highest BCUT2D eigenvalue weighted by Gasteiger charge is 2.16. The molecule has 174 valence electrons. The Balaban J connectivity index is 1.73. The maximum Gasteiger partial charge on any atom is 0.225 e. The number of halogens is 2. The SMILES string of the molecule is CC(C)C(C)NC(=O)CCCC(=O)Nc1cc(-c2ccccc2)nn1-c1ccc(Cl)c(Cl)c1. The predicted octanol–water partition coefficient (Wildman–Crippen LogP) is 6.12. The van der Waals surface area contributed by atoms with Crippen molar-refractivity contribution in [3.63, 3.8) is 0 Å². The monoisotopic (exact) mass is 486 g/mol. The molecule has 0 radical (unpaired) electrons. The number of carbonyl (C=O) groups excluding carboxylic acids is 2. The number of carbonyl (C=O) groups is 2. The van der Waals surface area contributed by atoms with Crippen LogP contribution in [-0.2, 0) is 9.59 Å². The highest BCUT2D eigenvalue weighted by molar-refractivity contribution is 6.42. The van der Waals surface area contributed by atoms with Crippen molar-refractivity contribution in [3.05, 3.63) is 64.6 Å². The van der Waals surface area contributed by atoms with Gasteiger partial charge < -0.3 is 10.6 Å². The van der Waals surface area contributed by atoms with Crippen LogP contribution in [0.15, 0.2) is 54.6 Å². The van der Waals surface area contributed by atoms with Crippen molar-refractivity contribution >= 4 is 40.8 Å². The summed E-state index contributed by atoms with van der Waals surface area (Å²) < 4.78 is 1.62. The molecule has 33 heavy (non-hydrogen) atoms. The van der Waals surface area contributed by atoms with Gasteiger partial charge in [0.05, 0.1) is 21.4 Å². The molecule has 1 heterocycles. The third-order valence-corrected chi connectivity index (χ3v) is 6.13. The van der Waals surface area contributed by atoms with Gasteiger partial charge in [0.25, 0.3) is 0 Å². The molecule has 0 aliphatic carbocycles. The second-order valence-electron chi connectivity index (χ2n) is 8.29. The summed E-state index contributed by atoms with van der Waals surface area (Å²) in [6.45, 7) is 6.09. The van der Waals surface area contributed by atoms with Gasteiger partial charge in [-0.25, -0.2) is 4.68 Å². The second-order valence-corrected chi connectivity index (χ2v) is 9.11. The van der Waals surface area contributed by atoms with Gasteiger partial charge in [0.2, 0.25) is 11.8 Å². The molecule has 0 saturated carbocycles. The standard InChI is InChI=1S/C25H28Cl2N4O2/c1-16(2)17(3)28-24(32)10-7-11-25(33)29-23-15-22(18-8-5-4-6-9-18)30-31(23)19-12-13-20(26)21(27)14-19/h4-6,8-9,12-17H,7,10-11H2,1-3H3,(H,28,32)(H,29,33). The predicted molar refractivity (Wildman–Crippen MR) is 134 cm³/mol. The largest absolute Gasteiger partial charge is 0.353 e. The second kappa shape index (κ2) is 11.3. The van der Waals surface area contributed by atoms with E-state index in [1.54, 1.807) is 22.9 Å². The fourth-order valence-corrected chi connectivity index (χ4v) is 3.43. The van der Waals surface area contributed by atoms with Gasteiger partial charge in [-0.05, 0) is 37.5 Å². The number of aromatic nitrogens is 2. The Kier molecular flexibility index (Phi) is 8.53. The zero-order chi connectivity index (χ0) is 24.0. The number of benzene rings is 2. The van der Waals surface area contributed by atoms with Crippen molar-refractivity contribution in [1.82, 2.24) is 15.1 Å². The van der Waals surface area contributed by atoms with Crippen molar-refractivity contribution in [2.24, 2.45) is 5.92 Å². The molecule has 0 spiro atoms. The lowest BCUT2D eigenvalue weighted by Crippen LogP contribution is -2.36. The van der Waals surface area contributed by atoms with Crippen LogP contribution in [0, 0.1) is 5.92 Å². The molecule has 0 aliphatic heterocycles. The molecule has 3 rings (SSSR count). The van der Waals surface area contributed by atoms with Gasteiger partial charge in [-0.1, -0.05) is 67.4 Å². The molecule has 2 N–H and O–H groups in total. The molecule has 2 amide bonds. The molecule has 0 aliphatic rings. The van der Waals surface area contributed by atoms with Gasteiger partial charge in [0.1, 0.15) is 5.82 Å².